The van der Waals surface area contributed by atoms with Crippen molar-refractivity contribution in [3.05, 3.63) is 84.5 Å². The Kier molecular flexibility index (Phi) is 4.89. The molecular formula is C21H15N3O2S. The van der Waals surface area contributed by atoms with Gasteiger partial charge in [0.2, 0.25) is 0 Å². The number of pyridine rings is 1. The van der Waals surface area contributed by atoms with Crippen LogP contribution in [0.5, 0.6) is 5.75 Å². The molecule has 0 bridgehead atoms. The van der Waals surface area contributed by atoms with Crippen molar-refractivity contribution in [2.75, 3.05) is 5.32 Å². The van der Waals surface area contributed by atoms with Gasteiger partial charge in [0.25, 0.3) is 0 Å². The number of benzene rings is 2. The third-order valence-corrected chi connectivity index (χ3v) is 4.68. The fourth-order valence-corrected chi connectivity index (χ4v) is 3.36. The van der Waals surface area contributed by atoms with Gasteiger partial charge < -0.3 is 4.74 Å². The van der Waals surface area contributed by atoms with E-state index < -0.39 is 6.09 Å². The molecule has 0 radical (unpaired) electrons. The molecule has 0 spiro atoms. The van der Waals surface area contributed by atoms with Crippen LogP contribution in [0.1, 0.15) is 0 Å². The molecule has 132 valence electrons. The van der Waals surface area contributed by atoms with Crippen molar-refractivity contribution in [2.45, 2.75) is 0 Å². The van der Waals surface area contributed by atoms with Gasteiger partial charge in [0.15, 0.2) is 0 Å². The molecule has 27 heavy (non-hydrogen) atoms. The second-order valence-electron chi connectivity index (χ2n) is 5.68. The highest BCUT2D eigenvalue weighted by molar-refractivity contribution is 7.13. The number of thiazole rings is 1. The Labute approximate surface area is 160 Å². The third-order valence-electron chi connectivity index (χ3n) is 3.79. The van der Waals surface area contributed by atoms with E-state index in [0.29, 0.717) is 11.4 Å². The smallest absolute Gasteiger partial charge is 0.410 e. The summed E-state index contributed by atoms with van der Waals surface area (Å²) in [6.45, 7) is 0. The lowest BCUT2D eigenvalue weighted by Crippen LogP contribution is -2.16. The monoisotopic (exact) mass is 373 g/mol. The van der Waals surface area contributed by atoms with E-state index in [2.05, 4.69) is 15.3 Å². The molecular weight excluding hydrogens is 358 g/mol. The van der Waals surface area contributed by atoms with Gasteiger partial charge in [0.05, 0.1) is 5.69 Å². The molecule has 0 fully saturated rings. The summed E-state index contributed by atoms with van der Waals surface area (Å²) in [5.74, 6) is 0.493. The Bertz CT molecular complexity index is 1050. The van der Waals surface area contributed by atoms with E-state index in [1.54, 1.807) is 35.9 Å². The number of aromatic nitrogens is 2. The number of ether oxygens (including phenoxy) is 1. The Morgan fingerprint density at radius 2 is 1.74 bits per heavy atom. The van der Waals surface area contributed by atoms with Crippen LogP contribution in [0.15, 0.2) is 84.5 Å². The zero-order valence-electron chi connectivity index (χ0n) is 14.2. The minimum atomic E-state index is -0.533. The molecule has 6 heteroatoms. The first kappa shape index (κ1) is 16.9. The molecule has 0 aliphatic rings. The Morgan fingerprint density at radius 3 is 2.56 bits per heavy atom. The van der Waals surface area contributed by atoms with E-state index in [0.717, 1.165) is 21.8 Å². The lowest BCUT2D eigenvalue weighted by Gasteiger charge is -2.07. The lowest BCUT2D eigenvalue weighted by molar-refractivity contribution is 0.215. The highest BCUT2D eigenvalue weighted by Crippen LogP contribution is 2.29. The second kappa shape index (κ2) is 7.80. The van der Waals surface area contributed by atoms with E-state index in [-0.39, 0.29) is 0 Å². The molecule has 0 atom stereocenters. The van der Waals surface area contributed by atoms with Crippen LogP contribution in [0.25, 0.3) is 21.8 Å². The molecule has 2 aromatic carbocycles. The number of anilines is 1. The highest BCUT2D eigenvalue weighted by atomic mass is 32.1. The van der Waals surface area contributed by atoms with Crippen LogP contribution in [0.3, 0.4) is 0 Å². The molecule has 0 saturated heterocycles. The molecule has 0 unspecified atom stereocenters. The van der Waals surface area contributed by atoms with Crippen LogP contribution < -0.4 is 10.1 Å². The van der Waals surface area contributed by atoms with E-state index in [1.165, 1.54) is 0 Å². The topological polar surface area (TPSA) is 64.1 Å². The first-order valence-electron chi connectivity index (χ1n) is 8.28. The van der Waals surface area contributed by atoms with Gasteiger partial charge in [0, 0.05) is 34.6 Å². The number of nitrogens with zero attached hydrogens (tertiary/aromatic N) is 2. The predicted octanol–water partition coefficient (Wildman–Crippen LogP) is 5.48. The van der Waals surface area contributed by atoms with Crippen LogP contribution in [-0.2, 0) is 0 Å². The van der Waals surface area contributed by atoms with Crippen molar-refractivity contribution < 1.29 is 9.53 Å². The molecule has 4 rings (SSSR count). The maximum absolute atomic E-state index is 12.1. The molecule has 0 aliphatic carbocycles. The second-order valence-corrected chi connectivity index (χ2v) is 6.54. The quantitative estimate of drug-likeness (QED) is 0.514. The minimum Gasteiger partial charge on any atom is -0.410 e. The molecule has 4 aromatic rings. The Hall–Kier alpha value is -3.51. The average Bonchev–Trinajstić information content (AvgIpc) is 3.20. The minimum absolute atomic E-state index is 0.493. The maximum atomic E-state index is 12.1. The average molecular weight is 373 g/mol. The van der Waals surface area contributed by atoms with Crippen molar-refractivity contribution in [2.24, 2.45) is 0 Å². The van der Waals surface area contributed by atoms with E-state index in [4.69, 9.17) is 4.74 Å². The van der Waals surface area contributed by atoms with Gasteiger partial charge in [-0.1, -0.05) is 30.3 Å². The first-order chi connectivity index (χ1) is 13.3. The van der Waals surface area contributed by atoms with Crippen LogP contribution in [0, 0.1) is 0 Å². The summed E-state index contributed by atoms with van der Waals surface area (Å²) in [6.07, 6.45) is 2.97. The summed E-state index contributed by atoms with van der Waals surface area (Å²) in [5.41, 5.74) is 3.45. The van der Waals surface area contributed by atoms with Crippen molar-refractivity contribution in [1.29, 1.82) is 0 Å². The fourth-order valence-electron chi connectivity index (χ4n) is 2.53. The molecule has 2 aromatic heterocycles. The highest BCUT2D eigenvalue weighted by Gasteiger charge is 2.09. The number of nitrogens with one attached hydrogen (secondary N) is 1. The predicted molar refractivity (Wildman–Crippen MR) is 107 cm³/mol. The van der Waals surface area contributed by atoms with Gasteiger partial charge >= 0.3 is 6.09 Å². The molecule has 0 saturated carbocycles. The van der Waals surface area contributed by atoms with Crippen molar-refractivity contribution >= 4 is 23.1 Å². The SMILES string of the molecule is O=C(Nc1cccc(-c2csc(-c3ccncc3)n2)c1)Oc1ccccc1. The third kappa shape index (κ3) is 4.19. The van der Waals surface area contributed by atoms with Crippen molar-refractivity contribution in [3.63, 3.8) is 0 Å². The first-order valence-corrected chi connectivity index (χ1v) is 9.16. The molecule has 0 aliphatic heterocycles. The van der Waals surface area contributed by atoms with E-state index >= 15 is 0 Å². The summed E-state index contributed by atoms with van der Waals surface area (Å²) in [5, 5.41) is 5.67. The van der Waals surface area contributed by atoms with Crippen molar-refractivity contribution in [1.82, 2.24) is 9.97 Å². The fraction of sp³-hybridized carbons (Fsp3) is 0. The largest absolute Gasteiger partial charge is 0.417 e. The van der Waals surface area contributed by atoms with Gasteiger partial charge in [-0.15, -0.1) is 11.3 Å². The molecule has 1 amide bonds. The van der Waals surface area contributed by atoms with Gasteiger partial charge in [-0.3, -0.25) is 10.3 Å². The summed E-state index contributed by atoms with van der Waals surface area (Å²) < 4.78 is 5.26. The Balaban J connectivity index is 1.49. The van der Waals surface area contributed by atoms with Crippen LogP contribution in [0.4, 0.5) is 10.5 Å². The molecule has 2 heterocycles. The number of carbonyl (C=O) groups excluding carboxylic acids is 1. The van der Waals surface area contributed by atoms with Crippen LogP contribution in [0.2, 0.25) is 0 Å². The number of para-hydroxylation sites is 1. The number of carbonyl (C=O) groups is 1. The normalized spacial score (nSPS) is 10.4. The number of amides is 1. The standard InChI is InChI=1S/C21H15N3O2S/c25-21(26-18-7-2-1-3-8-18)23-17-6-4-5-16(13-17)19-14-27-20(24-19)15-9-11-22-12-10-15/h1-14H,(H,23,25). The van der Waals surface area contributed by atoms with Crippen LogP contribution >= 0.6 is 11.3 Å². The van der Waals surface area contributed by atoms with Gasteiger partial charge in [-0.2, -0.15) is 0 Å². The Morgan fingerprint density at radius 1 is 0.926 bits per heavy atom. The number of rotatable bonds is 4. The van der Waals surface area contributed by atoms with E-state index in [9.17, 15) is 4.79 Å². The zero-order valence-corrected chi connectivity index (χ0v) is 15.0. The summed E-state index contributed by atoms with van der Waals surface area (Å²) >= 11 is 1.57. The lowest BCUT2D eigenvalue weighted by atomic mass is 10.1. The van der Waals surface area contributed by atoms with Gasteiger partial charge in [-0.25, -0.2) is 9.78 Å². The van der Waals surface area contributed by atoms with Crippen molar-refractivity contribution in [3.8, 4) is 27.6 Å². The zero-order chi connectivity index (χ0) is 18.5. The summed E-state index contributed by atoms with van der Waals surface area (Å²) in [7, 11) is 0. The maximum Gasteiger partial charge on any atom is 0.417 e. The summed E-state index contributed by atoms with van der Waals surface area (Å²) in [4.78, 5) is 20.8. The summed E-state index contributed by atoms with van der Waals surface area (Å²) in [6, 6.07) is 20.3. The molecule has 1 N–H and O–H groups in total. The number of hydrogen-bond acceptors (Lipinski definition) is 5. The van der Waals surface area contributed by atoms with E-state index in [1.807, 2.05) is 60.0 Å². The van der Waals surface area contributed by atoms with Gasteiger partial charge in [-0.05, 0) is 36.4 Å². The van der Waals surface area contributed by atoms with Gasteiger partial charge in [0.1, 0.15) is 10.8 Å². The van der Waals surface area contributed by atoms with Crippen LogP contribution in [-0.4, -0.2) is 16.1 Å². The molecule has 5 nitrogen and oxygen atoms in total. The number of hydrogen-bond donors (Lipinski definition) is 1.